The molecule has 158 valence electrons. The number of furan rings is 1. The summed E-state index contributed by atoms with van der Waals surface area (Å²) in [6.07, 6.45) is 2.06. The van der Waals surface area contributed by atoms with E-state index in [4.69, 9.17) is 32.4 Å². The maximum absolute atomic E-state index is 12.8. The fraction of sp³-hybridized carbons (Fsp3) is 0.174. The van der Waals surface area contributed by atoms with Crippen LogP contribution in [0.2, 0.25) is 10.0 Å². The summed E-state index contributed by atoms with van der Waals surface area (Å²) in [5.41, 5.74) is 2.33. The third-order valence-electron chi connectivity index (χ3n) is 4.83. The summed E-state index contributed by atoms with van der Waals surface area (Å²) in [5.74, 6) is -0.338. The molecule has 1 atom stereocenters. The van der Waals surface area contributed by atoms with E-state index < -0.39 is 24.5 Å². The van der Waals surface area contributed by atoms with E-state index in [-0.39, 0.29) is 6.42 Å². The fourth-order valence-corrected chi connectivity index (χ4v) is 3.54. The van der Waals surface area contributed by atoms with Crippen LogP contribution in [0.3, 0.4) is 0 Å². The number of hydrogen-bond acceptors (Lipinski definition) is 5. The molecule has 1 aliphatic heterocycles. The zero-order valence-electron chi connectivity index (χ0n) is 16.3. The summed E-state index contributed by atoms with van der Waals surface area (Å²) >= 11 is 11.8. The summed E-state index contributed by atoms with van der Waals surface area (Å²) in [7, 11) is 0. The lowest BCUT2D eigenvalue weighted by atomic mass is 10.0. The van der Waals surface area contributed by atoms with E-state index in [2.05, 4.69) is 5.10 Å². The Morgan fingerprint density at radius 3 is 2.35 bits per heavy atom. The molecule has 1 aliphatic rings. The molecule has 0 saturated heterocycles. The van der Waals surface area contributed by atoms with Gasteiger partial charge in [0.15, 0.2) is 6.61 Å². The van der Waals surface area contributed by atoms with Crippen molar-refractivity contribution in [3.63, 3.8) is 0 Å². The van der Waals surface area contributed by atoms with Crippen molar-refractivity contribution in [3.8, 4) is 0 Å². The Balaban J connectivity index is 1.45. The first-order chi connectivity index (χ1) is 15.0. The van der Waals surface area contributed by atoms with Crippen LogP contribution >= 0.6 is 23.2 Å². The lowest BCUT2D eigenvalue weighted by molar-refractivity contribution is -0.152. The van der Waals surface area contributed by atoms with E-state index in [0.29, 0.717) is 22.2 Å². The van der Waals surface area contributed by atoms with Crippen LogP contribution in [0.15, 0.2) is 76.4 Å². The molecule has 0 N–H and O–H groups in total. The van der Waals surface area contributed by atoms with Gasteiger partial charge in [0.25, 0.3) is 5.91 Å². The summed E-state index contributed by atoms with van der Waals surface area (Å²) in [4.78, 5) is 25.0. The standard InChI is InChI=1S/C23H18Cl2N2O4/c24-17-7-3-15(4-8-17)12-23(29)31-14-22(28)27-20(21-2-1-11-30-21)13-19(26-27)16-5-9-18(25)10-6-16/h1-11,20H,12-14H2. The zero-order chi connectivity index (χ0) is 21.8. The Morgan fingerprint density at radius 2 is 1.71 bits per heavy atom. The van der Waals surface area contributed by atoms with Gasteiger partial charge >= 0.3 is 5.97 Å². The minimum atomic E-state index is -0.508. The van der Waals surface area contributed by atoms with E-state index in [9.17, 15) is 9.59 Å². The number of rotatable bonds is 6. The maximum Gasteiger partial charge on any atom is 0.310 e. The molecule has 0 radical (unpaired) electrons. The van der Waals surface area contributed by atoms with Gasteiger partial charge in [0, 0.05) is 16.5 Å². The first kappa shape index (κ1) is 21.2. The smallest absolute Gasteiger partial charge is 0.310 e. The Labute approximate surface area is 189 Å². The Kier molecular flexibility index (Phi) is 6.39. The highest BCUT2D eigenvalue weighted by atomic mass is 35.5. The molecule has 1 aromatic heterocycles. The molecule has 0 aliphatic carbocycles. The number of hydrazone groups is 1. The number of benzene rings is 2. The monoisotopic (exact) mass is 456 g/mol. The Bertz CT molecular complexity index is 1090. The molecule has 6 nitrogen and oxygen atoms in total. The van der Waals surface area contributed by atoms with Gasteiger partial charge in [0.2, 0.25) is 0 Å². The zero-order valence-corrected chi connectivity index (χ0v) is 17.8. The van der Waals surface area contributed by atoms with E-state index >= 15 is 0 Å². The van der Waals surface area contributed by atoms with Gasteiger partial charge in [-0.3, -0.25) is 9.59 Å². The van der Waals surface area contributed by atoms with Crippen molar-refractivity contribution in [1.29, 1.82) is 0 Å². The molecule has 4 rings (SSSR count). The van der Waals surface area contributed by atoms with Gasteiger partial charge < -0.3 is 9.15 Å². The molecule has 2 aromatic carbocycles. The normalized spacial score (nSPS) is 15.6. The van der Waals surface area contributed by atoms with E-state index in [1.54, 1.807) is 54.8 Å². The van der Waals surface area contributed by atoms with Crippen LogP contribution in [-0.2, 0) is 20.7 Å². The largest absolute Gasteiger partial charge is 0.467 e. The van der Waals surface area contributed by atoms with Gasteiger partial charge in [0.05, 0.1) is 18.4 Å². The van der Waals surface area contributed by atoms with E-state index in [1.807, 2.05) is 12.1 Å². The molecule has 3 aromatic rings. The van der Waals surface area contributed by atoms with Crippen molar-refractivity contribution < 1.29 is 18.7 Å². The number of nitrogens with zero attached hydrogens (tertiary/aromatic N) is 2. The quantitative estimate of drug-likeness (QED) is 0.486. The van der Waals surface area contributed by atoms with Crippen LogP contribution in [0, 0.1) is 0 Å². The van der Waals surface area contributed by atoms with Gasteiger partial charge in [-0.05, 0) is 47.5 Å². The highest BCUT2D eigenvalue weighted by Crippen LogP contribution is 2.33. The maximum atomic E-state index is 12.8. The van der Waals surface area contributed by atoms with Gasteiger partial charge in [-0.1, -0.05) is 47.5 Å². The van der Waals surface area contributed by atoms with Crippen molar-refractivity contribution in [3.05, 3.63) is 93.9 Å². The van der Waals surface area contributed by atoms with Gasteiger partial charge in [-0.2, -0.15) is 5.10 Å². The van der Waals surface area contributed by atoms with Gasteiger partial charge in [-0.15, -0.1) is 0 Å². The molecule has 1 amide bonds. The second-order valence-electron chi connectivity index (χ2n) is 6.99. The number of ether oxygens (including phenoxy) is 1. The number of amides is 1. The van der Waals surface area contributed by atoms with E-state index in [1.165, 1.54) is 5.01 Å². The molecule has 8 heteroatoms. The van der Waals surface area contributed by atoms with Crippen molar-refractivity contribution in [1.82, 2.24) is 5.01 Å². The minimum Gasteiger partial charge on any atom is -0.467 e. The predicted octanol–water partition coefficient (Wildman–Crippen LogP) is 5.05. The molecule has 31 heavy (non-hydrogen) atoms. The van der Waals surface area contributed by atoms with Crippen LogP contribution < -0.4 is 0 Å². The molecule has 1 unspecified atom stereocenters. The molecular weight excluding hydrogens is 439 g/mol. The lowest BCUT2D eigenvalue weighted by Crippen LogP contribution is -2.31. The van der Waals surface area contributed by atoms with Crippen LogP contribution in [0.25, 0.3) is 0 Å². The lowest BCUT2D eigenvalue weighted by Gasteiger charge is -2.19. The minimum absolute atomic E-state index is 0.0470. The van der Waals surface area contributed by atoms with Crippen LogP contribution in [0.1, 0.15) is 29.3 Å². The summed E-state index contributed by atoms with van der Waals surface area (Å²) in [6.45, 7) is -0.416. The van der Waals surface area contributed by atoms with Gasteiger partial charge in [0.1, 0.15) is 11.8 Å². The van der Waals surface area contributed by atoms with Crippen LogP contribution in [0.4, 0.5) is 0 Å². The highest BCUT2D eigenvalue weighted by molar-refractivity contribution is 6.30. The average molecular weight is 457 g/mol. The second kappa shape index (κ2) is 9.37. The topological polar surface area (TPSA) is 72.1 Å². The van der Waals surface area contributed by atoms with Crippen molar-refractivity contribution in [2.75, 3.05) is 6.61 Å². The Hall–Kier alpha value is -3.09. The summed E-state index contributed by atoms with van der Waals surface area (Å²) in [5, 5.41) is 7.01. The Morgan fingerprint density at radius 1 is 1.03 bits per heavy atom. The average Bonchev–Trinajstić information content (AvgIpc) is 3.44. The first-order valence-corrected chi connectivity index (χ1v) is 10.3. The molecule has 0 saturated carbocycles. The number of carbonyl (C=O) groups excluding carboxylic acids is 2. The molecule has 2 heterocycles. The number of carbonyl (C=O) groups is 2. The van der Waals surface area contributed by atoms with Crippen molar-refractivity contribution in [2.24, 2.45) is 5.10 Å². The molecular formula is C23H18Cl2N2O4. The fourth-order valence-electron chi connectivity index (χ4n) is 3.29. The number of esters is 1. The summed E-state index contributed by atoms with van der Waals surface area (Å²) in [6, 6.07) is 17.2. The van der Waals surface area contributed by atoms with Gasteiger partial charge in [-0.25, -0.2) is 5.01 Å². The van der Waals surface area contributed by atoms with Crippen LogP contribution in [-0.4, -0.2) is 29.2 Å². The molecule has 0 fully saturated rings. The first-order valence-electron chi connectivity index (χ1n) is 9.58. The van der Waals surface area contributed by atoms with Crippen molar-refractivity contribution in [2.45, 2.75) is 18.9 Å². The SMILES string of the molecule is O=C(Cc1ccc(Cl)cc1)OCC(=O)N1N=C(c2ccc(Cl)cc2)CC1c1ccco1. The van der Waals surface area contributed by atoms with Crippen LogP contribution in [0.5, 0.6) is 0 Å². The third-order valence-corrected chi connectivity index (χ3v) is 5.34. The predicted molar refractivity (Wildman–Crippen MR) is 117 cm³/mol. The highest BCUT2D eigenvalue weighted by Gasteiger charge is 2.35. The summed E-state index contributed by atoms with van der Waals surface area (Å²) < 4.78 is 10.7. The number of hydrogen-bond donors (Lipinski definition) is 0. The van der Waals surface area contributed by atoms with Crippen molar-refractivity contribution >= 4 is 40.8 Å². The molecule has 0 bridgehead atoms. The second-order valence-corrected chi connectivity index (χ2v) is 7.86. The van der Waals surface area contributed by atoms with E-state index in [0.717, 1.165) is 16.8 Å². The number of halogens is 2. The molecule has 0 spiro atoms. The third kappa shape index (κ3) is 5.16.